The normalized spacial score (nSPS) is 28.0. The number of quaternary nitrogens is 1. The van der Waals surface area contributed by atoms with E-state index in [0.29, 0.717) is 0 Å². The van der Waals surface area contributed by atoms with E-state index < -0.39 is 0 Å². The minimum absolute atomic E-state index is 0.121. The number of hydrogen-bond donors (Lipinski definition) is 1. The molecule has 1 saturated heterocycles. The number of amides is 1. The molecule has 2 aromatic rings. The molecule has 2 bridgehead atoms. The fourth-order valence-electron chi connectivity index (χ4n) is 5.65. The zero-order chi connectivity index (χ0) is 18.2. The van der Waals surface area contributed by atoms with E-state index in [1.165, 1.54) is 31.1 Å². The third-order valence-electron chi connectivity index (χ3n) is 7.10. The van der Waals surface area contributed by atoms with Gasteiger partial charge in [0, 0.05) is 12.3 Å². The molecule has 5 rings (SSSR count). The Hall–Kier alpha value is -2.07. The number of fused-ring (bicyclic) bond motifs is 3. The average Bonchev–Trinajstić information content (AvgIpc) is 3.36. The summed E-state index contributed by atoms with van der Waals surface area (Å²) in [6, 6.07) is 15.1. The SMILES string of the molecule is O=C(COc1ccc2ccccc2c1)N1CC[NH+]([C@@H]2C[C@@H]3CC[C@H]2C3)CC1. The summed E-state index contributed by atoms with van der Waals surface area (Å²) in [6.07, 6.45) is 5.81. The van der Waals surface area contributed by atoms with Gasteiger partial charge in [-0.1, -0.05) is 30.3 Å². The Morgan fingerprint density at radius 2 is 1.85 bits per heavy atom. The molecule has 3 aliphatic rings. The van der Waals surface area contributed by atoms with Gasteiger partial charge in [0.2, 0.25) is 0 Å². The van der Waals surface area contributed by atoms with Crippen LogP contribution >= 0.6 is 0 Å². The molecule has 0 spiro atoms. The van der Waals surface area contributed by atoms with Gasteiger partial charge in [-0.2, -0.15) is 0 Å². The van der Waals surface area contributed by atoms with Gasteiger partial charge in [0.15, 0.2) is 6.61 Å². The number of nitrogens with one attached hydrogen (secondary N) is 1. The predicted octanol–water partition coefficient (Wildman–Crippen LogP) is 2.13. The highest BCUT2D eigenvalue weighted by Gasteiger charge is 2.45. The van der Waals surface area contributed by atoms with E-state index in [9.17, 15) is 4.79 Å². The third kappa shape index (κ3) is 3.43. The van der Waals surface area contributed by atoms with E-state index in [-0.39, 0.29) is 12.5 Å². The molecule has 1 aliphatic heterocycles. The Bertz CT molecular complexity index is 828. The summed E-state index contributed by atoms with van der Waals surface area (Å²) in [5.74, 6) is 2.86. The first-order valence-corrected chi connectivity index (χ1v) is 10.5. The van der Waals surface area contributed by atoms with Crippen molar-refractivity contribution < 1.29 is 14.4 Å². The van der Waals surface area contributed by atoms with Crippen LogP contribution in [0, 0.1) is 11.8 Å². The number of piperazine rings is 1. The standard InChI is InChI=1S/C23H28N2O2/c26-23(16-27-21-8-7-18-3-1-2-4-19(18)15-21)25-11-9-24(10-12-25)22-14-17-5-6-20(22)13-17/h1-4,7-8,15,17,20,22H,5-6,9-14,16H2/p+1/t17-,20+,22-/m1/s1. The van der Waals surface area contributed by atoms with E-state index >= 15 is 0 Å². The fraction of sp³-hybridized carbons (Fsp3) is 0.522. The van der Waals surface area contributed by atoms with Crippen molar-refractivity contribution in [1.82, 2.24) is 4.90 Å². The van der Waals surface area contributed by atoms with Crippen LogP contribution in [0.3, 0.4) is 0 Å². The molecule has 0 aromatic heterocycles. The highest BCUT2D eigenvalue weighted by Crippen LogP contribution is 2.43. The Morgan fingerprint density at radius 3 is 2.59 bits per heavy atom. The second kappa shape index (κ2) is 7.16. The summed E-state index contributed by atoms with van der Waals surface area (Å²) in [4.78, 5) is 16.3. The molecule has 4 nitrogen and oxygen atoms in total. The number of benzene rings is 2. The Balaban J connectivity index is 1.13. The minimum atomic E-state index is 0.121. The van der Waals surface area contributed by atoms with E-state index in [2.05, 4.69) is 12.1 Å². The first kappa shape index (κ1) is 17.1. The zero-order valence-corrected chi connectivity index (χ0v) is 15.9. The van der Waals surface area contributed by atoms with Crippen LogP contribution in [-0.2, 0) is 4.79 Å². The minimum Gasteiger partial charge on any atom is -0.484 e. The van der Waals surface area contributed by atoms with Crippen molar-refractivity contribution in [2.45, 2.75) is 31.7 Å². The van der Waals surface area contributed by atoms with Gasteiger partial charge < -0.3 is 14.5 Å². The second-order valence-corrected chi connectivity index (χ2v) is 8.62. The summed E-state index contributed by atoms with van der Waals surface area (Å²) in [6.45, 7) is 4.11. The summed E-state index contributed by atoms with van der Waals surface area (Å²) in [5, 5.41) is 2.33. The lowest BCUT2D eigenvalue weighted by Crippen LogP contribution is -3.18. The molecule has 3 atom stereocenters. The number of ether oxygens (including phenoxy) is 1. The number of rotatable bonds is 4. The second-order valence-electron chi connectivity index (χ2n) is 8.62. The van der Waals surface area contributed by atoms with Crippen LogP contribution in [0.25, 0.3) is 10.8 Å². The molecule has 2 saturated carbocycles. The van der Waals surface area contributed by atoms with Crippen LogP contribution < -0.4 is 9.64 Å². The molecule has 1 N–H and O–H groups in total. The zero-order valence-electron chi connectivity index (χ0n) is 15.9. The van der Waals surface area contributed by atoms with Crippen LogP contribution in [0.5, 0.6) is 5.75 Å². The van der Waals surface area contributed by atoms with Crippen LogP contribution in [0.4, 0.5) is 0 Å². The maximum Gasteiger partial charge on any atom is 0.260 e. The quantitative estimate of drug-likeness (QED) is 0.901. The van der Waals surface area contributed by atoms with Gasteiger partial charge in [-0.3, -0.25) is 4.79 Å². The third-order valence-corrected chi connectivity index (χ3v) is 7.10. The maximum absolute atomic E-state index is 12.6. The van der Waals surface area contributed by atoms with Crippen molar-refractivity contribution in [3.05, 3.63) is 42.5 Å². The van der Waals surface area contributed by atoms with Gasteiger partial charge >= 0.3 is 0 Å². The van der Waals surface area contributed by atoms with Crippen molar-refractivity contribution >= 4 is 16.7 Å². The molecule has 1 heterocycles. The monoisotopic (exact) mass is 365 g/mol. The van der Waals surface area contributed by atoms with Crippen molar-refractivity contribution in [2.24, 2.45) is 11.8 Å². The van der Waals surface area contributed by atoms with Gasteiger partial charge in [-0.15, -0.1) is 0 Å². The van der Waals surface area contributed by atoms with Gasteiger partial charge in [-0.05, 0) is 48.1 Å². The lowest BCUT2D eigenvalue weighted by atomic mass is 9.93. The number of carbonyl (C=O) groups is 1. The van der Waals surface area contributed by atoms with E-state index in [1.807, 2.05) is 35.2 Å². The van der Waals surface area contributed by atoms with Crippen LogP contribution in [0.1, 0.15) is 25.7 Å². The summed E-state index contributed by atoms with van der Waals surface area (Å²) in [7, 11) is 0. The van der Waals surface area contributed by atoms with Gasteiger partial charge in [0.1, 0.15) is 5.75 Å². The molecular weight excluding hydrogens is 336 g/mol. The molecular formula is C23H29N2O2+. The summed E-state index contributed by atoms with van der Waals surface area (Å²) >= 11 is 0. The van der Waals surface area contributed by atoms with Crippen molar-refractivity contribution in [2.75, 3.05) is 32.8 Å². The summed E-state index contributed by atoms with van der Waals surface area (Å²) < 4.78 is 5.80. The molecule has 142 valence electrons. The largest absolute Gasteiger partial charge is 0.484 e. The smallest absolute Gasteiger partial charge is 0.260 e. The first-order chi connectivity index (χ1) is 13.3. The molecule has 1 amide bonds. The molecule has 0 unspecified atom stereocenters. The van der Waals surface area contributed by atoms with E-state index in [0.717, 1.165) is 55.2 Å². The first-order valence-electron chi connectivity index (χ1n) is 10.5. The van der Waals surface area contributed by atoms with Gasteiger partial charge in [-0.25, -0.2) is 0 Å². The highest BCUT2D eigenvalue weighted by atomic mass is 16.5. The number of carbonyl (C=O) groups excluding carboxylic acids is 1. The molecule has 2 aromatic carbocycles. The molecule has 2 aliphatic carbocycles. The molecule has 27 heavy (non-hydrogen) atoms. The summed E-state index contributed by atoms with van der Waals surface area (Å²) in [5.41, 5.74) is 0. The number of nitrogens with zero attached hydrogens (tertiary/aromatic N) is 1. The Kier molecular flexibility index (Phi) is 4.52. The topological polar surface area (TPSA) is 34.0 Å². The predicted molar refractivity (Wildman–Crippen MR) is 106 cm³/mol. The Morgan fingerprint density at radius 1 is 1.04 bits per heavy atom. The van der Waals surface area contributed by atoms with Crippen LogP contribution in [0.2, 0.25) is 0 Å². The van der Waals surface area contributed by atoms with Crippen LogP contribution in [0.15, 0.2) is 42.5 Å². The van der Waals surface area contributed by atoms with Gasteiger partial charge in [0.05, 0.1) is 32.2 Å². The van der Waals surface area contributed by atoms with E-state index in [4.69, 9.17) is 4.74 Å². The van der Waals surface area contributed by atoms with Crippen molar-refractivity contribution in [1.29, 1.82) is 0 Å². The number of hydrogen-bond acceptors (Lipinski definition) is 2. The molecule has 4 heteroatoms. The average molecular weight is 365 g/mol. The molecule has 3 fully saturated rings. The van der Waals surface area contributed by atoms with Crippen molar-refractivity contribution in [3.8, 4) is 5.75 Å². The highest BCUT2D eigenvalue weighted by molar-refractivity contribution is 5.84. The van der Waals surface area contributed by atoms with Gasteiger partial charge in [0.25, 0.3) is 5.91 Å². The lowest BCUT2D eigenvalue weighted by molar-refractivity contribution is -0.932. The van der Waals surface area contributed by atoms with Crippen LogP contribution in [-0.4, -0.2) is 49.6 Å². The lowest BCUT2D eigenvalue weighted by Gasteiger charge is -2.38. The molecule has 0 radical (unpaired) electrons. The maximum atomic E-state index is 12.6. The fourth-order valence-corrected chi connectivity index (χ4v) is 5.65. The van der Waals surface area contributed by atoms with Crippen molar-refractivity contribution in [3.63, 3.8) is 0 Å². The van der Waals surface area contributed by atoms with E-state index in [1.54, 1.807) is 4.90 Å². The Labute approximate surface area is 161 Å².